The lowest BCUT2D eigenvalue weighted by Crippen LogP contribution is -2.20. The van der Waals surface area contributed by atoms with Crippen LogP contribution in [0.15, 0.2) is 24.3 Å². The smallest absolute Gasteiger partial charge is 0.122 e. The van der Waals surface area contributed by atoms with Crippen LogP contribution in [-0.4, -0.2) is 11.9 Å². The van der Waals surface area contributed by atoms with Gasteiger partial charge in [0.1, 0.15) is 11.6 Å². The third kappa shape index (κ3) is 2.75. The molecule has 0 spiro atoms. The van der Waals surface area contributed by atoms with E-state index in [1.807, 2.05) is 24.3 Å². The largest absolute Gasteiger partial charge is 0.490 e. The van der Waals surface area contributed by atoms with E-state index >= 15 is 0 Å². The van der Waals surface area contributed by atoms with Gasteiger partial charge in [0.15, 0.2) is 0 Å². The van der Waals surface area contributed by atoms with Crippen molar-refractivity contribution in [3.63, 3.8) is 0 Å². The molecule has 0 heterocycles. The summed E-state index contributed by atoms with van der Waals surface area (Å²) in [7, 11) is 0. The van der Waals surface area contributed by atoms with Crippen LogP contribution in [0, 0.1) is 5.41 Å². The average molecular weight is 218 g/mol. The Balaban J connectivity index is 2.02. The predicted molar refractivity (Wildman–Crippen MR) is 65.0 cm³/mol. The van der Waals surface area contributed by atoms with E-state index in [-0.39, 0.29) is 5.84 Å². The molecule has 1 saturated carbocycles. The van der Waals surface area contributed by atoms with Crippen molar-refractivity contribution >= 4 is 5.84 Å². The number of ether oxygens (including phenoxy) is 1. The maximum atomic E-state index is 7.37. The van der Waals surface area contributed by atoms with Crippen LogP contribution in [0.2, 0.25) is 0 Å². The molecular weight excluding hydrogens is 200 g/mol. The second-order valence-electron chi connectivity index (χ2n) is 4.32. The van der Waals surface area contributed by atoms with E-state index in [0.29, 0.717) is 6.10 Å². The van der Waals surface area contributed by atoms with E-state index < -0.39 is 0 Å². The molecule has 0 unspecified atom stereocenters. The topological polar surface area (TPSA) is 59.1 Å². The zero-order chi connectivity index (χ0) is 11.4. The van der Waals surface area contributed by atoms with Crippen LogP contribution in [0.25, 0.3) is 0 Å². The van der Waals surface area contributed by atoms with E-state index in [1.165, 1.54) is 19.3 Å². The summed E-state index contributed by atoms with van der Waals surface area (Å²) < 4.78 is 5.89. The van der Waals surface area contributed by atoms with Crippen LogP contribution in [0.1, 0.15) is 37.7 Å². The van der Waals surface area contributed by atoms with Crippen molar-refractivity contribution < 1.29 is 4.74 Å². The highest BCUT2D eigenvalue weighted by molar-refractivity contribution is 5.95. The van der Waals surface area contributed by atoms with Crippen molar-refractivity contribution in [1.29, 1.82) is 5.41 Å². The lowest BCUT2D eigenvalue weighted by molar-refractivity contribution is 0.155. The SMILES string of the molecule is N=C(N)c1cccc(OC2CCCCC2)c1. The van der Waals surface area contributed by atoms with E-state index in [0.717, 1.165) is 24.2 Å². The molecule has 0 amide bonds. The Kier molecular flexibility index (Phi) is 3.44. The quantitative estimate of drug-likeness (QED) is 0.605. The fourth-order valence-corrected chi connectivity index (χ4v) is 2.11. The molecule has 3 N–H and O–H groups in total. The third-order valence-electron chi connectivity index (χ3n) is 3.00. The fraction of sp³-hybridized carbons (Fsp3) is 0.462. The van der Waals surface area contributed by atoms with Crippen LogP contribution >= 0.6 is 0 Å². The first-order valence-corrected chi connectivity index (χ1v) is 5.87. The van der Waals surface area contributed by atoms with Crippen molar-refractivity contribution in [3.8, 4) is 5.75 Å². The van der Waals surface area contributed by atoms with Gasteiger partial charge in [0.05, 0.1) is 6.10 Å². The molecule has 16 heavy (non-hydrogen) atoms. The summed E-state index contributed by atoms with van der Waals surface area (Å²) in [5, 5.41) is 7.37. The summed E-state index contributed by atoms with van der Waals surface area (Å²) >= 11 is 0. The van der Waals surface area contributed by atoms with E-state index in [9.17, 15) is 0 Å². The Morgan fingerprint density at radius 2 is 2.00 bits per heavy atom. The first-order chi connectivity index (χ1) is 7.75. The molecule has 1 aromatic rings. The Morgan fingerprint density at radius 3 is 2.69 bits per heavy atom. The van der Waals surface area contributed by atoms with Crippen LogP contribution in [0.4, 0.5) is 0 Å². The number of amidine groups is 1. The number of nitrogen functional groups attached to an aromatic ring is 1. The molecular formula is C13H18N2O. The monoisotopic (exact) mass is 218 g/mol. The van der Waals surface area contributed by atoms with Crippen molar-refractivity contribution in [2.75, 3.05) is 0 Å². The summed E-state index contributed by atoms with van der Waals surface area (Å²) in [5.74, 6) is 0.925. The van der Waals surface area contributed by atoms with Crippen molar-refractivity contribution in [3.05, 3.63) is 29.8 Å². The molecule has 0 aliphatic heterocycles. The summed E-state index contributed by atoms with van der Waals surface area (Å²) in [6, 6.07) is 7.49. The van der Waals surface area contributed by atoms with Crippen molar-refractivity contribution in [2.45, 2.75) is 38.2 Å². The van der Waals surface area contributed by atoms with E-state index in [1.54, 1.807) is 0 Å². The van der Waals surface area contributed by atoms with Crippen LogP contribution < -0.4 is 10.5 Å². The molecule has 1 fully saturated rings. The highest BCUT2D eigenvalue weighted by atomic mass is 16.5. The summed E-state index contributed by atoms with van der Waals surface area (Å²) in [6.45, 7) is 0. The van der Waals surface area contributed by atoms with Gasteiger partial charge in [-0.05, 0) is 37.8 Å². The molecule has 1 aromatic carbocycles. The van der Waals surface area contributed by atoms with Gasteiger partial charge in [-0.3, -0.25) is 5.41 Å². The van der Waals surface area contributed by atoms with Gasteiger partial charge in [0, 0.05) is 5.56 Å². The van der Waals surface area contributed by atoms with Gasteiger partial charge in [-0.1, -0.05) is 18.6 Å². The second-order valence-corrected chi connectivity index (χ2v) is 4.32. The number of hydrogen-bond donors (Lipinski definition) is 2. The van der Waals surface area contributed by atoms with Gasteiger partial charge in [0.2, 0.25) is 0 Å². The number of rotatable bonds is 3. The zero-order valence-corrected chi connectivity index (χ0v) is 9.41. The molecule has 1 aliphatic rings. The van der Waals surface area contributed by atoms with Crippen molar-refractivity contribution in [2.24, 2.45) is 5.73 Å². The van der Waals surface area contributed by atoms with E-state index in [2.05, 4.69) is 0 Å². The second kappa shape index (κ2) is 5.01. The minimum Gasteiger partial charge on any atom is -0.490 e. The molecule has 3 heteroatoms. The fourth-order valence-electron chi connectivity index (χ4n) is 2.11. The lowest BCUT2D eigenvalue weighted by Gasteiger charge is -2.23. The number of hydrogen-bond acceptors (Lipinski definition) is 2. The van der Waals surface area contributed by atoms with Crippen LogP contribution in [0.5, 0.6) is 5.75 Å². The Bertz CT molecular complexity index is 370. The normalized spacial score (nSPS) is 17.0. The molecule has 0 saturated heterocycles. The molecule has 0 bridgehead atoms. The Morgan fingerprint density at radius 1 is 1.25 bits per heavy atom. The summed E-state index contributed by atoms with van der Waals surface area (Å²) in [4.78, 5) is 0. The predicted octanol–water partition coefficient (Wildman–Crippen LogP) is 2.68. The highest BCUT2D eigenvalue weighted by Crippen LogP contribution is 2.23. The summed E-state index contributed by atoms with van der Waals surface area (Å²) in [5.41, 5.74) is 6.17. The molecule has 0 aromatic heterocycles. The molecule has 86 valence electrons. The molecule has 3 nitrogen and oxygen atoms in total. The summed E-state index contributed by atoms with van der Waals surface area (Å²) in [6.07, 6.45) is 6.48. The lowest BCUT2D eigenvalue weighted by atomic mass is 9.98. The van der Waals surface area contributed by atoms with Crippen molar-refractivity contribution in [1.82, 2.24) is 0 Å². The van der Waals surface area contributed by atoms with Gasteiger partial charge < -0.3 is 10.5 Å². The minimum absolute atomic E-state index is 0.0918. The van der Waals surface area contributed by atoms with Gasteiger partial charge in [-0.2, -0.15) is 0 Å². The number of nitrogens with one attached hydrogen (secondary N) is 1. The third-order valence-corrected chi connectivity index (χ3v) is 3.00. The molecule has 1 aliphatic carbocycles. The number of benzene rings is 1. The van der Waals surface area contributed by atoms with Crippen LogP contribution in [0.3, 0.4) is 0 Å². The molecule has 2 rings (SSSR count). The van der Waals surface area contributed by atoms with E-state index in [4.69, 9.17) is 15.9 Å². The maximum Gasteiger partial charge on any atom is 0.122 e. The zero-order valence-electron chi connectivity index (χ0n) is 9.41. The minimum atomic E-state index is 0.0918. The maximum absolute atomic E-state index is 7.37. The van der Waals surface area contributed by atoms with Crippen LogP contribution in [-0.2, 0) is 0 Å². The Labute approximate surface area is 96.1 Å². The highest BCUT2D eigenvalue weighted by Gasteiger charge is 2.14. The number of nitrogens with two attached hydrogens (primary N) is 1. The average Bonchev–Trinajstić information content (AvgIpc) is 2.30. The van der Waals surface area contributed by atoms with Gasteiger partial charge >= 0.3 is 0 Å². The Hall–Kier alpha value is -1.51. The molecule has 0 atom stereocenters. The van der Waals surface area contributed by atoms with Gasteiger partial charge in [-0.15, -0.1) is 0 Å². The van der Waals surface area contributed by atoms with Gasteiger partial charge in [-0.25, -0.2) is 0 Å². The standard InChI is InChI=1S/C13H18N2O/c14-13(15)10-5-4-8-12(9-10)16-11-6-2-1-3-7-11/h4-5,8-9,11H,1-3,6-7H2,(H3,14,15). The van der Waals surface area contributed by atoms with Gasteiger partial charge in [0.25, 0.3) is 0 Å². The molecule has 0 radical (unpaired) electrons. The first-order valence-electron chi connectivity index (χ1n) is 5.87. The first kappa shape index (κ1) is 11.0.